The zero-order valence-electron chi connectivity index (χ0n) is 8.66. The van der Waals surface area contributed by atoms with Crippen molar-refractivity contribution in [3.05, 3.63) is 17.6 Å². The lowest BCUT2D eigenvalue weighted by molar-refractivity contribution is 0.324. The van der Waals surface area contributed by atoms with Gasteiger partial charge in [-0.3, -0.25) is 0 Å². The average Bonchev–Trinajstić information content (AvgIpc) is 2.03. The van der Waals surface area contributed by atoms with Crippen LogP contribution in [0.1, 0.15) is 38.2 Å². The number of ether oxygens (including phenoxy) is 1. The molecule has 0 radical (unpaired) electrons. The van der Waals surface area contributed by atoms with E-state index in [1.807, 2.05) is 19.9 Å². The van der Waals surface area contributed by atoms with Gasteiger partial charge >= 0.3 is 0 Å². The molecule has 1 aromatic heterocycles. The van der Waals surface area contributed by atoms with Crippen molar-refractivity contribution in [3.63, 3.8) is 0 Å². The van der Waals surface area contributed by atoms with Gasteiger partial charge in [-0.1, -0.05) is 13.8 Å². The Bertz CT molecular complexity index is 284. The third-order valence-electron chi connectivity index (χ3n) is 1.72. The van der Waals surface area contributed by atoms with E-state index in [9.17, 15) is 0 Å². The monoisotopic (exact) mass is 180 g/mol. The summed E-state index contributed by atoms with van der Waals surface area (Å²) < 4.78 is 5.33. The molecule has 3 heteroatoms. The van der Waals surface area contributed by atoms with Gasteiger partial charge in [-0.2, -0.15) is 4.98 Å². The van der Waals surface area contributed by atoms with Crippen molar-refractivity contribution in [2.24, 2.45) is 0 Å². The molecular weight excluding hydrogens is 164 g/mol. The SMILES string of the molecule is CCOc1cc(C(C)C)nc(C)n1. The lowest BCUT2D eigenvalue weighted by Crippen LogP contribution is -2.01. The van der Waals surface area contributed by atoms with E-state index in [1.165, 1.54) is 0 Å². The van der Waals surface area contributed by atoms with Crippen molar-refractivity contribution in [1.82, 2.24) is 9.97 Å². The highest BCUT2D eigenvalue weighted by Crippen LogP contribution is 2.16. The minimum atomic E-state index is 0.418. The Hall–Kier alpha value is -1.12. The van der Waals surface area contributed by atoms with Crippen LogP contribution in [0.25, 0.3) is 0 Å². The highest BCUT2D eigenvalue weighted by Gasteiger charge is 2.05. The van der Waals surface area contributed by atoms with Crippen molar-refractivity contribution in [3.8, 4) is 5.88 Å². The molecule has 0 amide bonds. The summed E-state index contributed by atoms with van der Waals surface area (Å²) in [7, 11) is 0. The van der Waals surface area contributed by atoms with E-state index in [0.29, 0.717) is 18.4 Å². The predicted molar refractivity (Wildman–Crippen MR) is 52.0 cm³/mol. The maximum Gasteiger partial charge on any atom is 0.216 e. The lowest BCUT2D eigenvalue weighted by Gasteiger charge is -2.08. The molecule has 0 aromatic carbocycles. The minimum absolute atomic E-state index is 0.418. The molecule has 72 valence electrons. The van der Waals surface area contributed by atoms with Gasteiger partial charge < -0.3 is 4.74 Å². The Morgan fingerprint density at radius 1 is 1.38 bits per heavy atom. The van der Waals surface area contributed by atoms with Crippen molar-refractivity contribution in [2.45, 2.75) is 33.6 Å². The van der Waals surface area contributed by atoms with Crippen LogP contribution in [-0.2, 0) is 0 Å². The van der Waals surface area contributed by atoms with Crippen molar-refractivity contribution < 1.29 is 4.74 Å². The van der Waals surface area contributed by atoms with Gasteiger partial charge in [0.25, 0.3) is 0 Å². The van der Waals surface area contributed by atoms with E-state index < -0.39 is 0 Å². The zero-order valence-corrected chi connectivity index (χ0v) is 8.66. The van der Waals surface area contributed by atoms with E-state index in [-0.39, 0.29) is 0 Å². The molecule has 0 fully saturated rings. The molecular formula is C10H16N2O. The number of aryl methyl sites for hydroxylation is 1. The molecule has 0 saturated heterocycles. The Morgan fingerprint density at radius 3 is 2.62 bits per heavy atom. The maximum atomic E-state index is 5.33. The van der Waals surface area contributed by atoms with Gasteiger partial charge in [0.2, 0.25) is 5.88 Å². The molecule has 0 atom stereocenters. The Kier molecular flexibility index (Phi) is 3.23. The van der Waals surface area contributed by atoms with Crippen LogP contribution < -0.4 is 4.74 Å². The number of hydrogen-bond acceptors (Lipinski definition) is 3. The highest BCUT2D eigenvalue weighted by atomic mass is 16.5. The topological polar surface area (TPSA) is 35.0 Å². The second-order valence-electron chi connectivity index (χ2n) is 3.27. The van der Waals surface area contributed by atoms with Crippen LogP contribution in [0.15, 0.2) is 6.07 Å². The summed E-state index contributed by atoms with van der Waals surface area (Å²) in [4.78, 5) is 8.50. The van der Waals surface area contributed by atoms with Crippen LogP contribution in [0.4, 0.5) is 0 Å². The normalized spacial score (nSPS) is 10.5. The summed E-state index contributed by atoms with van der Waals surface area (Å²) in [5, 5.41) is 0. The molecule has 0 saturated carbocycles. The number of rotatable bonds is 3. The first-order chi connectivity index (χ1) is 6.13. The molecule has 1 rings (SSSR count). The summed E-state index contributed by atoms with van der Waals surface area (Å²) in [5.74, 6) is 1.87. The van der Waals surface area contributed by atoms with E-state index >= 15 is 0 Å². The predicted octanol–water partition coefficient (Wildman–Crippen LogP) is 2.31. The van der Waals surface area contributed by atoms with Crippen LogP contribution in [0.3, 0.4) is 0 Å². The molecule has 0 aliphatic rings. The summed E-state index contributed by atoms with van der Waals surface area (Å²) in [5.41, 5.74) is 1.04. The lowest BCUT2D eigenvalue weighted by atomic mass is 10.1. The molecule has 0 spiro atoms. The fourth-order valence-electron chi connectivity index (χ4n) is 1.08. The number of hydrogen-bond donors (Lipinski definition) is 0. The first kappa shape index (κ1) is 9.96. The molecule has 1 heterocycles. The Morgan fingerprint density at radius 2 is 2.08 bits per heavy atom. The third-order valence-corrected chi connectivity index (χ3v) is 1.72. The van der Waals surface area contributed by atoms with Crippen molar-refractivity contribution in [2.75, 3.05) is 6.61 Å². The quantitative estimate of drug-likeness (QED) is 0.716. The number of nitrogens with zero attached hydrogens (tertiary/aromatic N) is 2. The van der Waals surface area contributed by atoms with E-state index in [1.54, 1.807) is 0 Å². The summed E-state index contributed by atoms with van der Waals surface area (Å²) in [6, 6.07) is 1.90. The summed E-state index contributed by atoms with van der Waals surface area (Å²) in [6.45, 7) is 8.70. The molecule has 0 bridgehead atoms. The van der Waals surface area contributed by atoms with Gasteiger partial charge in [0.1, 0.15) is 5.82 Å². The van der Waals surface area contributed by atoms with Crippen LogP contribution >= 0.6 is 0 Å². The third kappa shape index (κ3) is 2.68. The highest BCUT2D eigenvalue weighted by molar-refractivity contribution is 5.18. The molecule has 0 aliphatic carbocycles. The average molecular weight is 180 g/mol. The summed E-state index contributed by atoms with van der Waals surface area (Å²) in [6.07, 6.45) is 0. The molecule has 0 N–H and O–H groups in total. The van der Waals surface area contributed by atoms with Gasteiger partial charge in [-0.05, 0) is 19.8 Å². The van der Waals surface area contributed by atoms with Crippen LogP contribution in [0, 0.1) is 6.92 Å². The van der Waals surface area contributed by atoms with Crippen LogP contribution in [0.2, 0.25) is 0 Å². The van der Waals surface area contributed by atoms with Gasteiger partial charge in [0, 0.05) is 6.07 Å². The second-order valence-corrected chi connectivity index (χ2v) is 3.27. The molecule has 3 nitrogen and oxygen atoms in total. The standard InChI is InChI=1S/C10H16N2O/c1-5-13-10-6-9(7(2)3)11-8(4)12-10/h6-7H,5H2,1-4H3. The van der Waals surface area contributed by atoms with E-state index in [2.05, 4.69) is 23.8 Å². The molecule has 0 aliphatic heterocycles. The van der Waals surface area contributed by atoms with E-state index in [4.69, 9.17) is 4.74 Å². The number of aromatic nitrogens is 2. The summed E-state index contributed by atoms with van der Waals surface area (Å²) >= 11 is 0. The molecule has 13 heavy (non-hydrogen) atoms. The fourth-order valence-corrected chi connectivity index (χ4v) is 1.08. The minimum Gasteiger partial charge on any atom is -0.478 e. The Labute approximate surface area is 79.2 Å². The van der Waals surface area contributed by atoms with Gasteiger partial charge in [0.05, 0.1) is 12.3 Å². The van der Waals surface area contributed by atoms with E-state index in [0.717, 1.165) is 11.5 Å². The van der Waals surface area contributed by atoms with Gasteiger partial charge in [0.15, 0.2) is 0 Å². The van der Waals surface area contributed by atoms with Crippen LogP contribution in [-0.4, -0.2) is 16.6 Å². The molecule has 1 aromatic rings. The smallest absolute Gasteiger partial charge is 0.216 e. The Balaban J connectivity index is 2.96. The van der Waals surface area contributed by atoms with Crippen molar-refractivity contribution >= 4 is 0 Å². The van der Waals surface area contributed by atoms with Gasteiger partial charge in [-0.25, -0.2) is 4.98 Å². The van der Waals surface area contributed by atoms with Crippen molar-refractivity contribution in [1.29, 1.82) is 0 Å². The second kappa shape index (κ2) is 4.21. The maximum absolute atomic E-state index is 5.33. The largest absolute Gasteiger partial charge is 0.478 e. The molecule has 0 unspecified atom stereocenters. The van der Waals surface area contributed by atoms with Crippen LogP contribution in [0.5, 0.6) is 5.88 Å². The van der Waals surface area contributed by atoms with Gasteiger partial charge in [-0.15, -0.1) is 0 Å². The fraction of sp³-hybridized carbons (Fsp3) is 0.600. The zero-order chi connectivity index (χ0) is 9.84. The first-order valence-corrected chi connectivity index (χ1v) is 4.62. The first-order valence-electron chi connectivity index (χ1n) is 4.62.